The molecule has 0 saturated heterocycles. The van der Waals surface area contributed by atoms with Crippen molar-refractivity contribution in [2.75, 3.05) is 11.9 Å². The number of fused-ring (bicyclic) bond motifs is 2. The van der Waals surface area contributed by atoms with Crippen molar-refractivity contribution < 1.29 is 9.53 Å². The van der Waals surface area contributed by atoms with Gasteiger partial charge in [0.05, 0.1) is 0 Å². The van der Waals surface area contributed by atoms with Crippen molar-refractivity contribution in [2.24, 2.45) is 0 Å². The van der Waals surface area contributed by atoms with Gasteiger partial charge in [-0.1, -0.05) is 54.6 Å². The number of benzene rings is 3. The first-order chi connectivity index (χ1) is 11.8. The number of rotatable bonds is 2. The van der Waals surface area contributed by atoms with E-state index in [-0.39, 0.29) is 5.97 Å². The molecule has 3 aromatic carbocycles. The Labute approximate surface area is 141 Å². The van der Waals surface area contributed by atoms with Crippen molar-refractivity contribution in [3.63, 3.8) is 0 Å². The van der Waals surface area contributed by atoms with Crippen LogP contribution < -0.4 is 9.64 Å². The van der Waals surface area contributed by atoms with Gasteiger partial charge in [-0.3, -0.25) is 4.79 Å². The van der Waals surface area contributed by atoms with E-state index >= 15 is 0 Å². The molecule has 3 aromatic rings. The minimum atomic E-state index is -0.422. The van der Waals surface area contributed by atoms with Crippen LogP contribution in [-0.4, -0.2) is 13.0 Å². The lowest BCUT2D eigenvalue weighted by atomic mass is 9.85. The van der Waals surface area contributed by atoms with Crippen molar-refractivity contribution in [3.8, 4) is 5.75 Å². The summed E-state index contributed by atoms with van der Waals surface area (Å²) in [4.78, 5) is 15.1. The lowest BCUT2D eigenvalue weighted by molar-refractivity contribution is -0.135. The summed E-state index contributed by atoms with van der Waals surface area (Å²) in [5, 5.41) is 0. The molecule has 3 heteroatoms. The third-order valence-corrected chi connectivity index (χ3v) is 4.42. The Hall–Kier alpha value is -3.07. The molecule has 1 aliphatic rings. The van der Waals surface area contributed by atoms with E-state index in [1.807, 2.05) is 73.8 Å². The summed E-state index contributed by atoms with van der Waals surface area (Å²) in [5.74, 6) is -0.112. The normalized spacial score (nSPS) is 13.1. The Kier molecular flexibility index (Phi) is 3.54. The fourth-order valence-electron chi connectivity index (χ4n) is 3.29. The van der Waals surface area contributed by atoms with Gasteiger partial charge in [-0.05, 0) is 35.4 Å². The van der Waals surface area contributed by atoms with Crippen LogP contribution in [0.25, 0.3) is 0 Å². The molecule has 1 aliphatic heterocycles. The van der Waals surface area contributed by atoms with Crippen LogP contribution in [-0.2, 0) is 4.79 Å². The van der Waals surface area contributed by atoms with Crippen LogP contribution in [0.4, 0.5) is 11.4 Å². The maximum Gasteiger partial charge on any atom is 0.323 e. The van der Waals surface area contributed by atoms with E-state index in [9.17, 15) is 4.79 Å². The highest BCUT2D eigenvalue weighted by Gasteiger charge is 2.34. The van der Waals surface area contributed by atoms with E-state index in [1.165, 1.54) is 0 Å². The number of ether oxygens (including phenoxy) is 1. The van der Waals surface area contributed by atoms with Crippen LogP contribution in [0, 0.1) is 0 Å². The summed E-state index contributed by atoms with van der Waals surface area (Å²) in [6, 6.07) is 25.2. The van der Waals surface area contributed by atoms with Gasteiger partial charge in [0.2, 0.25) is 0 Å². The maximum atomic E-state index is 13.0. The predicted octanol–water partition coefficient (Wildman–Crippen LogP) is 4.51. The zero-order chi connectivity index (χ0) is 16.5. The first-order valence-corrected chi connectivity index (χ1v) is 7.94. The molecule has 0 fully saturated rings. The van der Waals surface area contributed by atoms with Gasteiger partial charge in [0.25, 0.3) is 0 Å². The number of hydrogen-bond acceptors (Lipinski definition) is 3. The van der Waals surface area contributed by atoms with Gasteiger partial charge in [-0.2, -0.15) is 0 Å². The second kappa shape index (κ2) is 5.85. The molecule has 0 bridgehead atoms. The predicted molar refractivity (Wildman–Crippen MR) is 94.9 cm³/mol. The van der Waals surface area contributed by atoms with E-state index in [4.69, 9.17) is 4.74 Å². The van der Waals surface area contributed by atoms with Crippen LogP contribution in [0.5, 0.6) is 5.75 Å². The highest BCUT2D eigenvalue weighted by molar-refractivity contribution is 5.92. The third-order valence-electron chi connectivity index (χ3n) is 4.42. The smallest absolute Gasteiger partial charge is 0.323 e. The second-order valence-electron chi connectivity index (χ2n) is 5.84. The first kappa shape index (κ1) is 14.5. The fourth-order valence-corrected chi connectivity index (χ4v) is 3.29. The number of nitrogens with zero attached hydrogens (tertiary/aromatic N) is 1. The van der Waals surface area contributed by atoms with Gasteiger partial charge < -0.3 is 9.64 Å². The SMILES string of the molecule is CN1c2ccccc2C(C(=O)Oc2ccccc2)c2ccccc21. The molecule has 0 saturated carbocycles. The van der Waals surface area contributed by atoms with E-state index in [0.717, 1.165) is 22.5 Å². The van der Waals surface area contributed by atoms with Crippen molar-refractivity contribution in [1.82, 2.24) is 0 Å². The highest BCUT2D eigenvalue weighted by Crippen LogP contribution is 2.44. The molecule has 0 aromatic heterocycles. The number of para-hydroxylation sites is 3. The molecule has 1 heterocycles. The Bertz CT molecular complexity index is 842. The molecule has 0 amide bonds. The average molecular weight is 315 g/mol. The Balaban J connectivity index is 1.80. The van der Waals surface area contributed by atoms with E-state index in [2.05, 4.69) is 4.90 Å². The van der Waals surface area contributed by atoms with Crippen molar-refractivity contribution >= 4 is 17.3 Å². The Morgan fingerprint density at radius 2 is 1.29 bits per heavy atom. The average Bonchev–Trinajstić information content (AvgIpc) is 2.63. The molecule has 0 aliphatic carbocycles. The van der Waals surface area contributed by atoms with Crippen LogP contribution in [0.15, 0.2) is 78.9 Å². The zero-order valence-electron chi connectivity index (χ0n) is 13.3. The summed E-state index contributed by atoms with van der Waals surface area (Å²) in [6.07, 6.45) is 0. The molecular formula is C21H17NO2. The summed E-state index contributed by atoms with van der Waals surface area (Å²) < 4.78 is 5.65. The monoisotopic (exact) mass is 315 g/mol. The molecule has 0 unspecified atom stereocenters. The minimum absolute atomic E-state index is 0.255. The molecular weight excluding hydrogens is 298 g/mol. The molecule has 0 N–H and O–H groups in total. The maximum absolute atomic E-state index is 13.0. The van der Waals surface area contributed by atoms with Crippen molar-refractivity contribution in [1.29, 1.82) is 0 Å². The fraction of sp³-hybridized carbons (Fsp3) is 0.0952. The molecule has 0 atom stereocenters. The zero-order valence-corrected chi connectivity index (χ0v) is 13.3. The second-order valence-corrected chi connectivity index (χ2v) is 5.84. The summed E-state index contributed by atoms with van der Waals surface area (Å²) in [5.41, 5.74) is 4.01. The molecule has 0 spiro atoms. The van der Waals surface area contributed by atoms with Gasteiger partial charge in [0.15, 0.2) is 0 Å². The number of carbonyl (C=O) groups is 1. The van der Waals surface area contributed by atoms with Gasteiger partial charge in [-0.25, -0.2) is 0 Å². The lowest BCUT2D eigenvalue weighted by Gasteiger charge is -2.34. The van der Waals surface area contributed by atoms with Crippen LogP contribution in [0.2, 0.25) is 0 Å². The van der Waals surface area contributed by atoms with E-state index in [0.29, 0.717) is 5.75 Å². The first-order valence-electron chi connectivity index (χ1n) is 7.94. The van der Waals surface area contributed by atoms with Gasteiger partial charge in [0, 0.05) is 18.4 Å². The molecule has 118 valence electrons. The van der Waals surface area contributed by atoms with Gasteiger partial charge in [-0.15, -0.1) is 0 Å². The minimum Gasteiger partial charge on any atom is -0.426 e. The van der Waals surface area contributed by atoms with Crippen molar-refractivity contribution in [2.45, 2.75) is 5.92 Å². The number of esters is 1. The van der Waals surface area contributed by atoms with E-state index in [1.54, 1.807) is 12.1 Å². The molecule has 0 radical (unpaired) electrons. The highest BCUT2D eigenvalue weighted by atomic mass is 16.5. The van der Waals surface area contributed by atoms with E-state index < -0.39 is 5.92 Å². The summed E-state index contributed by atoms with van der Waals surface area (Å²) in [7, 11) is 2.02. The van der Waals surface area contributed by atoms with Crippen molar-refractivity contribution in [3.05, 3.63) is 90.0 Å². The largest absolute Gasteiger partial charge is 0.426 e. The van der Waals surface area contributed by atoms with Gasteiger partial charge in [0.1, 0.15) is 11.7 Å². The van der Waals surface area contributed by atoms with Crippen LogP contribution in [0.1, 0.15) is 17.0 Å². The Morgan fingerprint density at radius 1 is 0.792 bits per heavy atom. The van der Waals surface area contributed by atoms with Crippen LogP contribution >= 0.6 is 0 Å². The van der Waals surface area contributed by atoms with Crippen LogP contribution in [0.3, 0.4) is 0 Å². The standard InChI is InChI=1S/C21H17NO2/c1-22-18-13-7-5-11-16(18)20(17-12-6-8-14-19(17)22)21(23)24-15-9-3-2-4-10-15/h2-14,20H,1H3. The Morgan fingerprint density at radius 3 is 1.88 bits per heavy atom. The molecule has 24 heavy (non-hydrogen) atoms. The topological polar surface area (TPSA) is 29.5 Å². The molecule has 4 rings (SSSR count). The quantitative estimate of drug-likeness (QED) is 0.515. The lowest BCUT2D eigenvalue weighted by Crippen LogP contribution is -2.28. The number of carbonyl (C=O) groups excluding carboxylic acids is 1. The number of anilines is 2. The summed E-state index contributed by atoms with van der Waals surface area (Å²) >= 11 is 0. The van der Waals surface area contributed by atoms with Gasteiger partial charge >= 0.3 is 5.97 Å². The summed E-state index contributed by atoms with van der Waals surface area (Å²) in [6.45, 7) is 0. The third kappa shape index (κ3) is 2.35. The number of hydrogen-bond donors (Lipinski definition) is 0. The molecule has 3 nitrogen and oxygen atoms in total.